The first-order valence-corrected chi connectivity index (χ1v) is 8.24. The van der Waals surface area contributed by atoms with Gasteiger partial charge in [-0.05, 0) is 28.5 Å². The van der Waals surface area contributed by atoms with Crippen LogP contribution in [0.4, 0.5) is 10.1 Å². The molecule has 3 rings (SSSR count). The zero-order valence-corrected chi connectivity index (χ0v) is 14.6. The van der Waals surface area contributed by atoms with Crippen molar-refractivity contribution >= 4 is 29.0 Å². The first-order valence-electron chi connectivity index (χ1n) is 7.87. The molecule has 27 heavy (non-hydrogen) atoms. The molecule has 0 radical (unpaired) electrons. The highest BCUT2D eigenvalue weighted by Crippen LogP contribution is 2.21. The molecule has 1 aromatic carbocycles. The van der Waals surface area contributed by atoms with Gasteiger partial charge >= 0.3 is 0 Å². The Morgan fingerprint density at radius 1 is 1.48 bits per heavy atom. The van der Waals surface area contributed by atoms with Crippen LogP contribution in [-0.2, 0) is 4.79 Å². The van der Waals surface area contributed by atoms with E-state index < -0.39 is 17.3 Å². The van der Waals surface area contributed by atoms with Gasteiger partial charge in [0.25, 0.3) is 11.8 Å². The van der Waals surface area contributed by atoms with E-state index in [1.165, 1.54) is 12.1 Å². The summed E-state index contributed by atoms with van der Waals surface area (Å²) in [5, 5.41) is 32.9. The lowest BCUT2D eigenvalue weighted by Crippen LogP contribution is -2.67. The van der Waals surface area contributed by atoms with E-state index in [1.54, 1.807) is 0 Å². The Labute approximate surface area is 157 Å². The average molecular weight is 399 g/mol. The van der Waals surface area contributed by atoms with Gasteiger partial charge in [0, 0.05) is 18.8 Å². The van der Waals surface area contributed by atoms with Crippen molar-refractivity contribution in [3.8, 4) is 5.88 Å². The molecule has 0 unspecified atom stereocenters. The van der Waals surface area contributed by atoms with Crippen LogP contribution in [0.5, 0.6) is 5.88 Å². The number of carbonyl (C=O) groups excluding carboxylic acids is 1. The predicted molar refractivity (Wildman–Crippen MR) is 92.5 cm³/mol. The van der Waals surface area contributed by atoms with Crippen LogP contribution in [0.2, 0.25) is 5.02 Å². The van der Waals surface area contributed by atoms with Crippen molar-refractivity contribution in [2.24, 2.45) is 0 Å². The molecule has 12 heteroatoms. The molecule has 0 bridgehead atoms. The van der Waals surface area contributed by atoms with Gasteiger partial charge < -0.3 is 25.8 Å². The molecule has 2 heterocycles. The van der Waals surface area contributed by atoms with Gasteiger partial charge in [-0.3, -0.25) is 10.2 Å². The number of β-amino-alcohol motifs (C(OH)–C–C–N with tert-alkyl or cyclic N) is 1. The smallest absolute Gasteiger partial charge is 0.287 e. The zero-order valence-electron chi connectivity index (χ0n) is 13.9. The number of nitrogens with zero attached hydrogens (tertiary/aromatic N) is 2. The SMILES string of the molecule is N=C(Nc1ccc(F)c(Cl)c1)c1nonc1OCCNC(=O)C1(O)CNC1. The molecule has 10 nitrogen and oxygen atoms in total. The molecular weight excluding hydrogens is 383 g/mol. The number of carbonyl (C=O) groups is 1. The van der Waals surface area contributed by atoms with Crippen molar-refractivity contribution in [2.75, 3.05) is 31.6 Å². The third kappa shape index (κ3) is 4.32. The van der Waals surface area contributed by atoms with Crippen molar-refractivity contribution in [3.05, 3.63) is 34.7 Å². The van der Waals surface area contributed by atoms with Crippen molar-refractivity contribution in [3.63, 3.8) is 0 Å². The Hall–Kier alpha value is -2.76. The Morgan fingerprint density at radius 2 is 2.26 bits per heavy atom. The van der Waals surface area contributed by atoms with Crippen LogP contribution in [0, 0.1) is 11.2 Å². The third-order valence-electron chi connectivity index (χ3n) is 3.77. The van der Waals surface area contributed by atoms with E-state index in [1.807, 2.05) is 0 Å². The molecule has 2 aromatic rings. The van der Waals surface area contributed by atoms with Gasteiger partial charge in [0.2, 0.25) is 5.69 Å². The molecular formula is C15H16ClFN6O4. The van der Waals surface area contributed by atoms with E-state index >= 15 is 0 Å². The number of hydrogen-bond acceptors (Lipinski definition) is 8. The summed E-state index contributed by atoms with van der Waals surface area (Å²) in [7, 11) is 0. The highest BCUT2D eigenvalue weighted by Gasteiger charge is 2.41. The second kappa shape index (κ2) is 7.86. The first kappa shape index (κ1) is 19.0. The summed E-state index contributed by atoms with van der Waals surface area (Å²) in [6.07, 6.45) is 0. The van der Waals surface area contributed by atoms with Crippen LogP contribution in [0.3, 0.4) is 0 Å². The number of amides is 1. The second-order valence-corrected chi connectivity index (χ2v) is 6.19. The quantitative estimate of drug-likeness (QED) is 0.251. The molecule has 1 saturated heterocycles. The fraction of sp³-hybridized carbons (Fsp3) is 0.333. The standard InChI is InChI=1S/C15H16ClFN6O4/c16-9-5-8(1-2-10(9)17)21-12(18)11-13(23-27-22-11)26-4-3-20-14(24)15(25)6-19-7-15/h1-2,5,19,25H,3-4,6-7H2,(H2,18,21)(H,20,24). The minimum Gasteiger partial charge on any atom is -0.472 e. The molecule has 5 N–H and O–H groups in total. The Bertz CT molecular complexity index is 857. The lowest BCUT2D eigenvalue weighted by molar-refractivity contribution is -0.144. The van der Waals surface area contributed by atoms with Crippen LogP contribution < -0.4 is 20.7 Å². The predicted octanol–water partition coefficient (Wildman–Crippen LogP) is 0.129. The molecule has 1 aliphatic rings. The van der Waals surface area contributed by atoms with E-state index in [4.69, 9.17) is 21.7 Å². The molecule has 0 aliphatic carbocycles. The molecule has 144 valence electrons. The minimum absolute atomic E-state index is 0.0106. The molecule has 1 amide bonds. The summed E-state index contributed by atoms with van der Waals surface area (Å²) in [5.74, 6) is -1.33. The molecule has 1 fully saturated rings. The zero-order chi connectivity index (χ0) is 19.4. The van der Waals surface area contributed by atoms with Crippen LogP contribution >= 0.6 is 11.6 Å². The van der Waals surface area contributed by atoms with Crippen molar-refractivity contribution in [2.45, 2.75) is 5.60 Å². The van der Waals surface area contributed by atoms with Crippen LogP contribution in [0.25, 0.3) is 0 Å². The Kier molecular flexibility index (Phi) is 5.54. The molecule has 0 atom stereocenters. The summed E-state index contributed by atoms with van der Waals surface area (Å²) in [6.45, 7) is 0.536. The van der Waals surface area contributed by atoms with Gasteiger partial charge in [-0.25, -0.2) is 9.02 Å². The minimum atomic E-state index is -1.39. The van der Waals surface area contributed by atoms with Crippen molar-refractivity contribution < 1.29 is 23.7 Å². The van der Waals surface area contributed by atoms with Gasteiger partial charge in [-0.15, -0.1) is 0 Å². The summed E-state index contributed by atoms with van der Waals surface area (Å²) in [6, 6.07) is 3.87. The van der Waals surface area contributed by atoms with Gasteiger partial charge in [-0.2, -0.15) is 0 Å². The average Bonchev–Trinajstić information content (AvgIpc) is 3.08. The number of nitrogens with one attached hydrogen (secondary N) is 4. The number of rotatable bonds is 7. The van der Waals surface area contributed by atoms with Gasteiger partial charge in [0.05, 0.1) is 11.6 Å². The number of amidine groups is 1. The Balaban J connectivity index is 1.51. The molecule has 1 aromatic heterocycles. The fourth-order valence-electron chi connectivity index (χ4n) is 2.20. The first-order chi connectivity index (χ1) is 12.9. The fourth-order valence-corrected chi connectivity index (χ4v) is 2.39. The van der Waals surface area contributed by atoms with E-state index in [2.05, 4.69) is 30.9 Å². The topological polar surface area (TPSA) is 145 Å². The summed E-state index contributed by atoms with van der Waals surface area (Å²) < 4.78 is 23.1. The number of benzene rings is 1. The summed E-state index contributed by atoms with van der Waals surface area (Å²) >= 11 is 5.70. The number of halogens is 2. The van der Waals surface area contributed by atoms with Crippen molar-refractivity contribution in [1.82, 2.24) is 20.9 Å². The van der Waals surface area contributed by atoms with E-state index in [0.717, 1.165) is 6.07 Å². The monoisotopic (exact) mass is 398 g/mol. The number of hydrogen-bond donors (Lipinski definition) is 5. The highest BCUT2D eigenvalue weighted by atomic mass is 35.5. The maximum atomic E-state index is 13.2. The summed E-state index contributed by atoms with van der Waals surface area (Å²) in [4.78, 5) is 11.8. The normalized spacial score (nSPS) is 14.9. The van der Waals surface area contributed by atoms with Gasteiger partial charge in [0.1, 0.15) is 12.4 Å². The van der Waals surface area contributed by atoms with Gasteiger partial charge in [0.15, 0.2) is 11.4 Å². The summed E-state index contributed by atoms with van der Waals surface area (Å²) in [5.41, 5.74) is -1.03. The lowest BCUT2D eigenvalue weighted by Gasteiger charge is -2.35. The molecule has 1 aliphatic heterocycles. The maximum Gasteiger partial charge on any atom is 0.287 e. The van der Waals surface area contributed by atoms with Crippen LogP contribution in [0.15, 0.2) is 22.8 Å². The molecule has 0 saturated carbocycles. The largest absolute Gasteiger partial charge is 0.472 e. The molecule has 0 spiro atoms. The van der Waals surface area contributed by atoms with Gasteiger partial charge in [-0.1, -0.05) is 11.6 Å². The van der Waals surface area contributed by atoms with Crippen LogP contribution in [-0.4, -0.2) is 59.0 Å². The number of anilines is 1. The van der Waals surface area contributed by atoms with E-state index in [0.29, 0.717) is 5.69 Å². The number of ether oxygens (including phenoxy) is 1. The number of aliphatic hydroxyl groups is 1. The number of aromatic nitrogens is 2. The lowest BCUT2D eigenvalue weighted by atomic mass is 9.96. The van der Waals surface area contributed by atoms with E-state index in [-0.39, 0.29) is 48.7 Å². The van der Waals surface area contributed by atoms with Crippen LogP contribution in [0.1, 0.15) is 5.69 Å². The highest BCUT2D eigenvalue weighted by molar-refractivity contribution is 6.31. The Morgan fingerprint density at radius 3 is 2.93 bits per heavy atom. The maximum absolute atomic E-state index is 13.2. The van der Waals surface area contributed by atoms with E-state index in [9.17, 15) is 14.3 Å². The third-order valence-corrected chi connectivity index (χ3v) is 4.06. The van der Waals surface area contributed by atoms with Crippen molar-refractivity contribution in [1.29, 1.82) is 5.41 Å². The second-order valence-electron chi connectivity index (χ2n) is 5.79.